The molecule has 2 aliphatic rings. The number of aromatic nitrogens is 1. The quantitative estimate of drug-likeness (QED) is 0.159. The molecule has 0 atom stereocenters. The van der Waals surface area contributed by atoms with E-state index in [1.807, 2.05) is 48.5 Å². The van der Waals surface area contributed by atoms with E-state index in [1.54, 1.807) is 48.5 Å². The fourth-order valence-electron chi connectivity index (χ4n) is 5.29. The first-order valence-electron chi connectivity index (χ1n) is 12.3. The Morgan fingerprint density at radius 1 is 0.800 bits per heavy atom. The average Bonchev–Trinajstić information content (AvgIpc) is 3.48. The lowest BCUT2D eigenvalue weighted by atomic mass is 9.86. The van der Waals surface area contributed by atoms with Crippen LogP contribution < -0.4 is 5.32 Å². The van der Waals surface area contributed by atoms with Gasteiger partial charge in [0.25, 0.3) is 0 Å². The van der Waals surface area contributed by atoms with Crippen LogP contribution in [0.1, 0.15) is 11.3 Å². The van der Waals surface area contributed by atoms with Gasteiger partial charge in [0, 0.05) is 38.8 Å². The second-order valence-corrected chi connectivity index (χ2v) is 10.8. The zero-order chi connectivity index (χ0) is 28.0. The molecule has 11 heteroatoms. The highest BCUT2D eigenvalue weighted by Crippen LogP contribution is 2.44. The molecule has 0 amide bonds. The average molecular weight is 614 g/mol. The summed E-state index contributed by atoms with van der Waals surface area (Å²) in [4.78, 5) is 4.89. The van der Waals surface area contributed by atoms with Crippen LogP contribution in [-0.2, 0) is 0 Å². The number of halogens is 6. The molecule has 4 nitrogen and oxygen atoms in total. The standard InChI is InChI=1S/C28H17BCl2F2N4.CH2Cl2/c30-17-9-13-19(14-10-17)34-25-22-6-2-4-8-24(22)37-28(25)26-27(21-5-1-3-7-23(21)35-26)36(29(37,32)33)20-15-11-18(31)12-16-20;2-1-3/h1-16,34H;1H2. The number of alkyl halides is 2. The molecule has 0 saturated heterocycles. The Balaban J connectivity index is 0.000000925. The number of benzene rings is 4. The number of hydrogen-bond donors (Lipinski definition) is 1. The molecule has 200 valence electrons. The lowest BCUT2D eigenvalue weighted by Crippen LogP contribution is -2.54. The van der Waals surface area contributed by atoms with Gasteiger partial charge in [0.05, 0.1) is 28.0 Å². The summed E-state index contributed by atoms with van der Waals surface area (Å²) in [6.07, 6.45) is 0. The molecule has 0 aliphatic carbocycles. The van der Waals surface area contributed by atoms with E-state index < -0.39 is 6.97 Å². The number of aliphatic imine (C=N–C) groups is 1. The lowest BCUT2D eigenvalue weighted by Gasteiger charge is -2.32. The maximum Gasteiger partial charge on any atom is 0.738 e. The molecule has 0 saturated carbocycles. The van der Waals surface area contributed by atoms with Crippen LogP contribution in [0.3, 0.4) is 0 Å². The van der Waals surface area contributed by atoms with Gasteiger partial charge < -0.3 is 22.9 Å². The van der Waals surface area contributed by atoms with E-state index in [2.05, 4.69) is 5.32 Å². The van der Waals surface area contributed by atoms with E-state index >= 15 is 8.63 Å². The third-order valence-electron chi connectivity index (χ3n) is 6.83. The van der Waals surface area contributed by atoms with Gasteiger partial charge in [0.2, 0.25) is 0 Å². The smallest absolute Gasteiger partial charge is 0.389 e. The highest BCUT2D eigenvalue weighted by atomic mass is 35.5. The van der Waals surface area contributed by atoms with Crippen LogP contribution in [-0.4, -0.2) is 32.7 Å². The Bertz CT molecular complexity index is 1820. The van der Waals surface area contributed by atoms with Crippen molar-refractivity contribution in [1.29, 1.82) is 0 Å². The minimum atomic E-state index is -4.33. The van der Waals surface area contributed by atoms with Crippen LogP contribution in [0.4, 0.5) is 31.4 Å². The molecule has 0 spiro atoms. The first-order chi connectivity index (χ1) is 19.3. The lowest BCUT2D eigenvalue weighted by molar-refractivity contribution is -0.328. The topological polar surface area (TPSA) is 32.3 Å². The van der Waals surface area contributed by atoms with Crippen LogP contribution >= 0.6 is 46.4 Å². The minimum absolute atomic E-state index is 0.194. The van der Waals surface area contributed by atoms with Crippen LogP contribution in [0.5, 0.6) is 0 Å². The van der Waals surface area contributed by atoms with E-state index in [1.165, 1.54) is 0 Å². The summed E-state index contributed by atoms with van der Waals surface area (Å²) in [7, 11) is 0. The molecule has 3 heterocycles. The number of nitrogens with zero attached hydrogens (tertiary/aromatic N) is 3. The zero-order valence-corrected chi connectivity index (χ0v) is 23.7. The van der Waals surface area contributed by atoms with Crippen molar-refractivity contribution in [2.45, 2.75) is 0 Å². The van der Waals surface area contributed by atoms with Crippen molar-refractivity contribution in [2.24, 2.45) is 4.99 Å². The predicted molar refractivity (Wildman–Crippen MR) is 165 cm³/mol. The van der Waals surface area contributed by atoms with E-state index in [0.717, 1.165) is 14.7 Å². The molecule has 2 aliphatic heterocycles. The maximum absolute atomic E-state index is 16.9. The number of anilines is 2. The van der Waals surface area contributed by atoms with Crippen LogP contribution in [0.2, 0.25) is 10.0 Å². The second kappa shape index (κ2) is 10.6. The Labute approximate surface area is 249 Å². The predicted octanol–water partition coefficient (Wildman–Crippen LogP) is 9.62. The molecule has 5 aromatic rings. The number of rotatable bonds is 3. The van der Waals surface area contributed by atoms with Gasteiger partial charge in [-0.05, 0) is 54.6 Å². The molecule has 1 aromatic heterocycles. The van der Waals surface area contributed by atoms with Crippen molar-refractivity contribution in [3.05, 3.63) is 118 Å². The van der Waals surface area contributed by atoms with E-state index in [0.29, 0.717) is 60.7 Å². The van der Waals surface area contributed by atoms with Gasteiger partial charge >= 0.3 is 6.97 Å². The molecule has 0 unspecified atom stereocenters. The van der Waals surface area contributed by atoms with Crippen molar-refractivity contribution in [3.8, 4) is 0 Å². The van der Waals surface area contributed by atoms with E-state index in [9.17, 15) is 0 Å². The van der Waals surface area contributed by atoms with Gasteiger partial charge in [0.15, 0.2) is 17.1 Å². The molecule has 0 bridgehead atoms. The first kappa shape index (κ1) is 26.8. The van der Waals surface area contributed by atoms with Crippen molar-refractivity contribution in [2.75, 3.05) is 10.7 Å². The van der Waals surface area contributed by atoms with Gasteiger partial charge in [0.1, 0.15) is 0 Å². The van der Waals surface area contributed by atoms with Gasteiger partial charge in [-0.2, -0.15) is 0 Å². The minimum Gasteiger partial charge on any atom is -0.389 e. The van der Waals surface area contributed by atoms with E-state index in [4.69, 9.17) is 51.4 Å². The van der Waals surface area contributed by atoms with Gasteiger partial charge in [-0.3, -0.25) is 0 Å². The van der Waals surface area contributed by atoms with Gasteiger partial charge in [-0.25, -0.2) is 4.99 Å². The molecule has 40 heavy (non-hydrogen) atoms. The molecule has 1 N–H and O–H groups in total. The fraction of sp³-hybridized carbons (Fsp3) is 0.0345. The summed E-state index contributed by atoms with van der Waals surface area (Å²) in [5.74, 6) is 0. The van der Waals surface area contributed by atoms with Gasteiger partial charge in [-0.1, -0.05) is 53.5 Å². The van der Waals surface area contributed by atoms with E-state index in [-0.39, 0.29) is 5.34 Å². The molecular weight excluding hydrogens is 595 g/mol. The first-order valence-corrected chi connectivity index (χ1v) is 14.1. The highest BCUT2D eigenvalue weighted by molar-refractivity contribution is 6.68. The Morgan fingerprint density at radius 3 is 2.10 bits per heavy atom. The molecule has 0 radical (unpaired) electrons. The number of hydrogen-bond acceptors (Lipinski definition) is 2. The Kier molecular flexibility index (Phi) is 7.09. The molecule has 4 aromatic carbocycles. The Morgan fingerprint density at radius 2 is 1.40 bits per heavy atom. The van der Waals surface area contributed by atoms with Crippen molar-refractivity contribution >= 4 is 98.4 Å². The zero-order valence-electron chi connectivity index (χ0n) is 20.6. The summed E-state index contributed by atoms with van der Waals surface area (Å²) in [6.45, 7) is -4.33. The number of para-hydroxylation sites is 2. The highest BCUT2D eigenvalue weighted by Gasteiger charge is 2.56. The largest absolute Gasteiger partial charge is 0.738 e. The van der Waals surface area contributed by atoms with Crippen molar-refractivity contribution < 1.29 is 13.1 Å². The van der Waals surface area contributed by atoms with Crippen molar-refractivity contribution in [3.63, 3.8) is 0 Å². The molecule has 0 fully saturated rings. The summed E-state index contributed by atoms with van der Waals surface area (Å²) < 4.78 is 36.1. The SMILES string of the molecule is ClCCl.F[B-]1(F)n2c(c(Nc3ccc(Cl)cc3)c3ccccc32)C2=Nc3ccccc3C2=[N+]1c1ccc(Cl)cc1. The number of nitrogens with one attached hydrogen (secondary N) is 1. The fourth-order valence-corrected chi connectivity index (χ4v) is 5.54. The molecular formula is C29H19BCl4F2N4. The monoisotopic (exact) mass is 612 g/mol. The van der Waals surface area contributed by atoms with Crippen molar-refractivity contribution in [1.82, 2.24) is 4.48 Å². The third kappa shape index (κ3) is 4.38. The van der Waals surface area contributed by atoms with Gasteiger partial charge in [-0.15, -0.1) is 23.2 Å². The Hall–Kier alpha value is -3.36. The van der Waals surface area contributed by atoms with Crippen LogP contribution in [0, 0.1) is 0 Å². The van der Waals surface area contributed by atoms with Crippen LogP contribution in [0.25, 0.3) is 10.9 Å². The normalized spacial score (nSPS) is 14.6. The molecule has 7 rings (SSSR count). The summed E-state index contributed by atoms with van der Waals surface area (Å²) in [5.41, 5.74) is 4.56. The maximum atomic E-state index is 16.9. The second-order valence-electron chi connectivity index (χ2n) is 9.10. The van der Waals surface area contributed by atoms with Crippen LogP contribution in [0.15, 0.2) is 102 Å². The summed E-state index contributed by atoms with van der Waals surface area (Å²) >= 11 is 21.7. The third-order valence-corrected chi connectivity index (χ3v) is 7.34. The summed E-state index contributed by atoms with van der Waals surface area (Å²) in [6, 6.07) is 28.2. The number of fused-ring (bicyclic) bond motifs is 7. The summed E-state index contributed by atoms with van der Waals surface area (Å²) in [5, 5.41) is 5.32.